The molecule has 6 heteroatoms. The third-order valence-electron chi connectivity index (χ3n) is 3.31. The van der Waals surface area contributed by atoms with E-state index in [9.17, 15) is 9.18 Å². The van der Waals surface area contributed by atoms with Crippen LogP contribution in [0.5, 0.6) is 0 Å². The normalized spacial score (nSPS) is 11.9. The van der Waals surface area contributed by atoms with Crippen molar-refractivity contribution < 1.29 is 4.39 Å². The Morgan fingerprint density at radius 1 is 1.25 bits per heavy atom. The predicted octanol–water partition coefficient (Wildman–Crippen LogP) is 1.96. The summed E-state index contributed by atoms with van der Waals surface area (Å²) >= 11 is 0. The fourth-order valence-electron chi connectivity index (χ4n) is 2.12. The van der Waals surface area contributed by atoms with E-state index in [1.165, 1.54) is 17.8 Å². The fourth-order valence-corrected chi connectivity index (χ4v) is 2.12. The van der Waals surface area contributed by atoms with Crippen molar-refractivity contribution in [1.29, 1.82) is 0 Å². The highest BCUT2D eigenvalue weighted by Gasteiger charge is 2.22. The highest BCUT2D eigenvalue weighted by Crippen LogP contribution is 2.29. The third kappa shape index (κ3) is 2.37. The van der Waals surface area contributed by atoms with Gasteiger partial charge in [-0.25, -0.2) is 9.18 Å². The number of hydrogen-bond donors (Lipinski definition) is 0. The summed E-state index contributed by atoms with van der Waals surface area (Å²) < 4.78 is 16.6. The number of benzene rings is 1. The first-order valence-corrected chi connectivity index (χ1v) is 6.58. The van der Waals surface area contributed by atoms with E-state index in [1.807, 2.05) is 27.7 Å². The molecule has 1 heterocycles. The van der Waals surface area contributed by atoms with Crippen LogP contribution < -0.4 is 5.69 Å². The lowest BCUT2D eigenvalue weighted by Gasteiger charge is -2.21. The number of rotatable bonds is 2. The number of hydrogen-bond acceptors (Lipinski definition) is 3. The van der Waals surface area contributed by atoms with Gasteiger partial charge in [0, 0.05) is 7.05 Å². The van der Waals surface area contributed by atoms with Gasteiger partial charge in [0.2, 0.25) is 0 Å². The van der Waals surface area contributed by atoms with Gasteiger partial charge in [-0.05, 0) is 45.5 Å². The number of tetrazole rings is 1. The molecule has 0 bridgehead atoms. The average Bonchev–Trinajstić information content (AvgIpc) is 2.68. The van der Waals surface area contributed by atoms with Gasteiger partial charge in [0.1, 0.15) is 5.82 Å². The first-order valence-electron chi connectivity index (χ1n) is 6.58. The Morgan fingerprint density at radius 3 is 2.35 bits per heavy atom. The van der Waals surface area contributed by atoms with Gasteiger partial charge in [-0.1, -0.05) is 27.7 Å². The van der Waals surface area contributed by atoms with Gasteiger partial charge in [-0.3, -0.25) is 0 Å². The Hall–Kier alpha value is -1.98. The van der Waals surface area contributed by atoms with E-state index in [-0.39, 0.29) is 16.9 Å². The van der Waals surface area contributed by atoms with Crippen LogP contribution in [0.3, 0.4) is 0 Å². The summed E-state index contributed by atoms with van der Waals surface area (Å²) in [5.41, 5.74) is 1.19. The monoisotopic (exact) mass is 278 g/mol. The van der Waals surface area contributed by atoms with Gasteiger partial charge in [-0.15, -0.1) is 0 Å². The maximum atomic E-state index is 14.2. The van der Waals surface area contributed by atoms with Crippen LogP contribution in [0.4, 0.5) is 4.39 Å². The van der Waals surface area contributed by atoms with Crippen molar-refractivity contribution in [2.45, 2.75) is 39.5 Å². The summed E-state index contributed by atoms with van der Waals surface area (Å²) in [5.74, 6) is -0.255. The maximum absolute atomic E-state index is 14.2. The second-order valence-electron chi connectivity index (χ2n) is 5.86. The minimum atomic E-state index is -0.350. The van der Waals surface area contributed by atoms with Crippen molar-refractivity contribution in [2.24, 2.45) is 7.05 Å². The zero-order valence-electron chi connectivity index (χ0n) is 12.4. The van der Waals surface area contributed by atoms with E-state index < -0.39 is 0 Å². The van der Waals surface area contributed by atoms with Crippen molar-refractivity contribution in [3.8, 4) is 5.69 Å². The second-order valence-corrected chi connectivity index (χ2v) is 5.86. The molecule has 0 radical (unpaired) electrons. The first kappa shape index (κ1) is 14.4. The van der Waals surface area contributed by atoms with Crippen LogP contribution in [-0.4, -0.2) is 19.8 Å². The highest BCUT2D eigenvalue weighted by atomic mass is 19.1. The molecule has 0 aliphatic carbocycles. The molecule has 20 heavy (non-hydrogen) atoms. The molecule has 2 aromatic rings. The van der Waals surface area contributed by atoms with Gasteiger partial charge in [0.05, 0.1) is 5.69 Å². The molecule has 0 saturated heterocycles. The van der Waals surface area contributed by atoms with Crippen molar-refractivity contribution in [1.82, 2.24) is 19.8 Å². The van der Waals surface area contributed by atoms with Gasteiger partial charge >= 0.3 is 5.69 Å². The Kier molecular flexibility index (Phi) is 3.50. The van der Waals surface area contributed by atoms with Gasteiger partial charge in [0.15, 0.2) is 0 Å². The van der Waals surface area contributed by atoms with Crippen LogP contribution in [0.15, 0.2) is 16.9 Å². The highest BCUT2D eigenvalue weighted by molar-refractivity contribution is 5.45. The van der Waals surface area contributed by atoms with E-state index in [1.54, 1.807) is 6.07 Å². The van der Waals surface area contributed by atoms with E-state index in [2.05, 4.69) is 10.4 Å². The molecule has 0 fully saturated rings. The van der Waals surface area contributed by atoms with Crippen LogP contribution in [-0.2, 0) is 18.9 Å². The lowest BCUT2D eigenvalue weighted by atomic mass is 9.85. The van der Waals surface area contributed by atoms with E-state index in [4.69, 9.17) is 0 Å². The molecule has 108 valence electrons. The zero-order valence-corrected chi connectivity index (χ0v) is 12.4. The van der Waals surface area contributed by atoms with Crippen LogP contribution >= 0.6 is 0 Å². The van der Waals surface area contributed by atoms with Gasteiger partial charge in [-0.2, -0.15) is 9.36 Å². The molecule has 0 aliphatic heterocycles. The van der Waals surface area contributed by atoms with E-state index in [0.717, 1.165) is 10.2 Å². The van der Waals surface area contributed by atoms with Crippen molar-refractivity contribution in [3.63, 3.8) is 0 Å². The van der Waals surface area contributed by atoms with Gasteiger partial charge in [0.25, 0.3) is 0 Å². The quantitative estimate of drug-likeness (QED) is 0.844. The standard InChI is InChI=1S/C14H19FN4O/c1-6-9-7-11(15)10(14(2,3)4)8-12(9)19-13(20)18(5)16-17-19/h7-8H,6H2,1-5H3. The summed E-state index contributed by atoms with van der Waals surface area (Å²) in [6.45, 7) is 7.71. The van der Waals surface area contributed by atoms with Crippen LogP contribution in [0.2, 0.25) is 0 Å². The zero-order chi connectivity index (χ0) is 15.1. The maximum Gasteiger partial charge on any atom is 0.368 e. The molecule has 0 unspecified atom stereocenters. The molecule has 0 spiro atoms. The largest absolute Gasteiger partial charge is 0.368 e. The molecular formula is C14H19FN4O. The number of halogens is 1. The van der Waals surface area contributed by atoms with Crippen molar-refractivity contribution >= 4 is 0 Å². The molecule has 1 aromatic carbocycles. The fraction of sp³-hybridized carbons (Fsp3) is 0.500. The molecule has 5 nitrogen and oxygen atoms in total. The average molecular weight is 278 g/mol. The topological polar surface area (TPSA) is 52.7 Å². The Bertz CT molecular complexity index is 694. The summed E-state index contributed by atoms with van der Waals surface area (Å²) in [6, 6.07) is 3.18. The molecule has 0 atom stereocenters. The molecule has 2 rings (SSSR count). The molecule has 0 aliphatic rings. The van der Waals surface area contributed by atoms with Crippen molar-refractivity contribution in [2.75, 3.05) is 0 Å². The van der Waals surface area contributed by atoms with Crippen LogP contribution in [0.1, 0.15) is 38.8 Å². The Morgan fingerprint density at radius 2 is 1.90 bits per heavy atom. The first-order chi connectivity index (χ1) is 9.25. The second kappa shape index (κ2) is 4.85. The van der Waals surface area contributed by atoms with E-state index >= 15 is 0 Å². The molecule has 0 saturated carbocycles. The molecule has 0 amide bonds. The summed E-state index contributed by atoms with van der Waals surface area (Å²) in [7, 11) is 1.53. The predicted molar refractivity (Wildman–Crippen MR) is 74.6 cm³/mol. The van der Waals surface area contributed by atoms with Gasteiger partial charge < -0.3 is 0 Å². The number of aryl methyl sites for hydroxylation is 2. The molecule has 1 aromatic heterocycles. The van der Waals surface area contributed by atoms with Crippen molar-refractivity contribution in [3.05, 3.63) is 39.6 Å². The minimum Gasteiger partial charge on any atom is -0.244 e. The Labute approximate surface area is 117 Å². The lowest BCUT2D eigenvalue weighted by molar-refractivity contribution is 0.520. The molecule has 0 N–H and O–H groups in total. The van der Waals surface area contributed by atoms with E-state index in [0.29, 0.717) is 17.7 Å². The third-order valence-corrected chi connectivity index (χ3v) is 3.31. The summed E-state index contributed by atoms with van der Waals surface area (Å²) in [6.07, 6.45) is 0.611. The smallest absolute Gasteiger partial charge is 0.244 e. The summed E-state index contributed by atoms with van der Waals surface area (Å²) in [5, 5.41) is 7.55. The lowest BCUT2D eigenvalue weighted by Crippen LogP contribution is -2.24. The number of nitrogens with zero attached hydrogens (tertiary/aromatic N) is 4. The van der Waals surface area contributed by atoms with Crippen LogP contribution in [0, 0.1) is 5.82 Å². The SMILES string of the molecule is CCc1cc(F)c(C(C)(C)C)cc1-n1nnn(C)c1=O. The summed E-state index contributed by atoms with van der Waals surface area (Å²) in [4.78, 5) is 12.0. The molecular weight excluding hydrogens is 259 g/mol. The Balaban J connectivity index is 2.75. The minimum absolute atomic E-state index is 0.255. The van der Waals surface area contributed by atoms with Crippen LogP contribution in [0.25, 0.3) is 5.69 Å². The number of aromatic nitrogens is 4.